The quantitative estimate of drug-likeness (QED) is 0.133. The van der Waals surface area contributed by atoms with E-state index in [4.69, 9.17) is 0 Å². The van der Waals surface area contributed by atoms with Crippen LogP contribution in [0.25, 0.3) is 65.0 Å². The van der Waals surface area contributed by atoms with Crippen LogP contribution in [0.5, 0.6) is 0 Å². The van der Waals surface area contributed by atoms with Crippen molar-refractivity contribution in [2.24, 2.45) is 0 Å². The lowest BCUT2D eigenvalue weighted by atomic mass is 9.86. The zero-order valence-corrected chi connectivity index (χ0v) is 28.5. The van der Waals surface area contributed by atoms with Gasteiger partial charge >= 0.3 is 6.18 Å². The van der Waals surface area contributed by atoms with Gasteiger partial charge in [0.25, 0.3) is 0 Å². The molecule has 0 saturated carbocycles. The van der Waals surface area contributed by atoms with Gasteiger partial charge in [0.05, 0.1) is 11.3 Å². The van der Waals surface area contributed by atoms with Gasteiger partial charge in [-0.25, -0.2) is 0 Å². The maximum Gasteiger partial charge on any atom is 0.416 e. The molecule has 51 heavy (non-hydrogen) atoms. The molecule has 0 aliphatic rings. The van der Waals surface area contributed by atoms with E-state index in [1.165, 1.54) is 39.2 Å². The van der Waals surface area contributed by atoms with Crippen LogP contribution in [-0.4, -0.2) is 0 Å². The first-order chi connectivity index (χ1) is 24.6. The van der Waals surface area contributed by atoms with E-state index in [0.29, 0.717) is 0 Å². The Morgan fingerprint density at radius 3 is 1.41 bits per heavy atom. The predicted octanol–water partition coefficient (Wildman–Crippen LogP) is 14.3. The summed E-state index contributed by atoms with van der Waals surface area (Å²) < 4.78 is 40.8. The maximum absolute atomic E-state index is 13.6. The highest BCUT2D eigenvalue weighted by Gasteiger charge is 2.30. The van der Waals surface area contributed by atoms with Crippen LogP contribution in [-0.2, 0) is 11.6 Å². The minimum Gasteiger partial charge on any atom is -0.309 e. The van der Waals surface area contributed by atoms with Crippen LogP contribution in [0.3, 0.4) is 0 Å². The van der Waals surface area contributed by atoms with Crippen molar-refractivity contribution >= 4 is 70.9 Å². The van der Waals surface area contributed by atoms with Gasteiger partial charge in [0.1, 0.15) is 0 Å². The number of rotatable bonds is 4. The fraction of sp³-hybridized carbons (Fsp3) is 0.106. The van der Waals surface area contributed by atoms with E-state index in [1.54, 1.807) is 12.1 Å². The van der Waals surface area contributed by atoms with Gasteiger partial charge in [-0.05, 0) is 102 Å². The van der Waals surface area contributed by atoms with E-state index >= 15 is 0 Å². The second kappa shape index (κ2) is 11.3. The summed E-state index contributed by atoms with van der Waals surface area (Å²) in [6.45, 7) is 6.67. The highest BCUT2D eigenvalue weighted by Crippen LogP contribution is 2.49. The SMILES string of the molecule is CC(C)(C)c1ccc(N(c2cc3ccc4cccc5ccc(c2)c3c45)c2c3ccccc3c(-c3ccc(C(F)(F)F)cc3)c3ccccc23)cc1. The van der Waals surface area contributed by atoms with Crippen molar-refractivity contribution in [3.63, 3.8) is 0 Å². The van der Waals surface area contributed by atoms with Crippen molar-refractivity contribution in [1.29, 1.82) is 0 Å². The Kier molecular flexibility index (Phi) is 6.92. The third-order valence-electron chi connectivity index (χ3n) is 10.3. The van der Waals surface area contributed by atoms with Gasteiger partial charge in [-0.3, -0.25) is 0 Å². The lowest BCUT2D eigenvalue weighted by Gasteiger charge is -2.31. The summed E-state index contributed by atoms with van der Waals surface area (Å²) >= 11 is 0. The van der Waals surface area contributed by atoms with Crippen LogP contribution in [0.15, 0.2) is 152 Å². The Labute approximate surface area is 294 Å². The number of alkyl halides is 3. The molecule has 248 valence electrons. The second-order valence-corrected chi connectivity index (χ2v) is 14.5. The van der Waals surface area contributed by atoms with Crippen molar-refractivity contribution in [3.8, 4) is 11.1 Å². The molecule has 0 N–H and O–H groups in total. The Morgan fingerprint density at radius 2 is 0.902 bits per heavy atom. The average Bonchev–Trinajstić information content (AvgIpc) is 3.13. The molecule has 0 bridgehead atoms. The number of benzene rings is 9. The van der Waals surface area contributed by atoms with Crippen molar-refractivity contribution in [3.05, 3.63) is 163 Å². The Balaban J connectivity index is 1.36. The monoisotopic (exact) mass is 669 g/mol. The molecule has 0 aliphatic heterocycles. The molecule has 1 nitrogen and oxygen atoms in total. The summed E-state index contributed by atoms with van der Waals surface area (Å²) in [5.74, 6) is 0. The number of fused-ring (bicyclic) bond motifs is 2. The maximum atomic E-state index is 13.6. The molecule has 0 heterocycles. The average molecular weight is 670 g/mol. The second-order valence-electron chi connectivity index (χ2n) is 14.5. The van der Waals surface area contributed by atoms with Gasteiger partial charge < -0.3 is 4.90 Å². The molecule has 0 fully saturated rings. The van der Waals surface area contributed by atoms with E-state index in [0.717, 1.165) is 60.5 Å². The first-order valence-corrected chi connectivity index (χ1v) is 17.3. The third kappa shape index (κ3) is 5.08. The third-order valence-corrected chi connectivity index (χ3v) is 10.3. The fourth-order valence-electron chi connectivity index (χ4n) is 7.87. The van der Waals surface area contributed by atoms with E-state index in [1.807, 2.05) is 24.3 Å². The zero-order chi connectivity index (χ0) is 35.1. The molecule has 0 aromatic heterocycles. The van der Waals surface area contributed by atoms with Gasteiger partial charge in [0, 0.05) is 22.1 Å². The lowest BCUT2D eigenvalue weighted by Crippen LogP contribution is -2.14. The minimum atomic E-state index is -4.40. The molecule has 0 saturated heterocycles. The Hall–Kier alpha value is -5.87. The first-order valence-electron chi connectivity index (χ1n) is 17.3. The van der Waals surface area contributed by atoms with E-state index < -0.39 is 11.7 Å². The van der Waals surface area contributed by atoms with E-state index in [9.17, 15) is 13.2 Å². The van der Waals surface area contributed by atoms with Gasteiger partial charge in [0.2, 0.25) is 0 Å². The summed E-state index contributed by atoms with van der Waals surface area (Å²) in [6, 6.07) is 50.8. The number of hydrogen-bond donors (Lipinski definition) is 0. The van der Waals surface area contributed by atoms with Gasteiger partial charge in [-0.15, -0.1) is 0 Å². The molecule has 0 atom stereocenters. The molecule has 9 aromatic carbocycles. The summed E-state index contributed by atoms with van der Waals surface area (Å²) in [6.07, 6.45) is -4.40. The molecule has 0 spiro atoms. The van der Waals surface area contributed by atoms with Crippen LogP contribution in [0, 0.1) is 0 Å². The molecule has 0 radical (unpaired) electrons. The molecule has 4 heteroatoms. The topological polar surface area (TPSA) is 3.24 Å². The minimum absolute atomic E-state index is 0.0112. The first kappa shape index (κ1) is 31.1. The summed E-state index contributed by atoms with van der Waals surface area (Å²) in [5, 5.41) is 11.3. The smallest absolute Gasteiger partial charge is 0.309 e. The molecule has 0 amide bonds. The van der Waals surface area contributed by atoms with Gasteiger partial charge in [-0.1, -0.05) is 136 Å². The predicted molar refractivity (Wildman–Crippen MR) is 209 cm³/mol. The van der Waals surface area contributed by atoms with E-state index in [-0.39, 0.29) is 5.41 Å². The molecule has 0 aliphatic carbocycles. The van der Waals surface area contributed by atoms with E-state index in [2.05, 4.69) is 129 Å². The molecular formula is C47H34F3N. The van der Waals surface area contributed by atoms with Crippen molar-refractivity contribution < 1.29 is 13.2 Å². The van der Waals surface area contributed by atoms with Crippen molar-refractivity contribution in [2.45, 2.75) is 32.4 Å². The highest BCUT2D eigenvalue weighted by molar-refractivity contribution is 6.25. The summed E-state index contributed by atoms with van der Waals surface area (Å²) in [5.41, 5.74) is 5.31. The Bertz CT molecular complexity index is 2630. The molecule has 9 aromatic rings. The van der Waals surface area contributed by atoms with Crippen molar-refractivity contribution in [1.82, 2.24) is 0 Å². The number of anilines is 3. The standard InChI is InChI=1S/C47H34F3N/c1-46(2,3)34-23-25-36(26-24-34)51(37-27-32-17-15-29-9-8-10-30-16-18-33(28-37)43(32)42(29)30)45-40-13-6-4-11-38(40)44(39-12-5-7-14-41(39)45)31-19-21-35(22-20-31)47(48,49)50/h4-28H,1-3H3. The number of nitrogens with zero attached hydrogens (tertiary/aromatic N) is 1. The molecule has 0 unspecified atom stereocenters. The van der Waals surface area contributed by atoms with Gasteiger partial charge in [0.15, 0.2) is 0 Å². The van der Waals surface area contributed by atoms with Crippen LogP contribution < -0.4 is 4.90 Å². The fourth-order valence-corrected chi connectivity index (χ4v) is 7.87. The molecular weight excluding hydrogens is 636 g/mol. The largest absolute Gasteiger partial charge is 0.416 e. The highest BCUT2D eigenvalue weighted by atomic mass is 19.4. The zero-order valence-electron chi connectivity index (χ0n) is 28.5. The van der Waals surface area contributed by atoms with Gasteiger partial charge in [-0.2, -0.15) is 13.2 Å². The van der Waals surface area contributed by atoms with Crippen LogP contribution in [0.2, 0.25) is 0 Å². The number of halogens is 3. The van der Waals surface area contributed by atoms with Crippen LogP contribution >= 0.6 is 0 Å². The molecule has 9 rings (SSSR count). The summed E-state index contributed by atoms with van der Waals surface area (Å²) in [4.78, 5) is 2.36. The normalized spacial score (nSPS) is 12.5. The number of hydrogen-bond acceptors (Lipinski definition) is 1. The van der Waals surface area contributed by atoms with Crippen LogP contribution in [0.1, 0.15) is 31.9 Å². The Morgan fingerprint density at radius 1 is 0.431 bits per heavy atom. The van der Waals surface area contributed by atoms with Crippen LogP contribution in [0.4, 0.5) is 30.2 Å². The summed E-state index contributed by atoms with van der Waals surface area (Å²) in [7, 11) is 0. The lowest BCUT2D eigenvalue weighted by molar-refractivity contribution is -0.137. The van der Waals surface area contributed by atoms with Crippen molar-refractivity contribution in [2.75, 3.05) is 4.90 Å².